The topological polar surface area (TPSA) is 18.5 Å². The number of ether oxygens (including phenoxy) is 2. The minimum Gasteiger partial charge on any atom is -0.346 e. The average molecular weight is 226 g/mol. The largest absolute Gasteiger partial charge is 0.346 e. The van der Waals surface area contributed by atoms with Gasteiger partial charge in [0.2, 0.25) is 5.79 Å². The zero-order chi connectivity index (χ0) is 11.9. The first kappa shape index (κ1) is 10.5. The van der Waals surface area contributed by atoms with Crippen molar-refractivity contribution in [3.05, 3.63) is 53.6 Å². The molecule has 2 aromatic carbocycles. The van der Waals surface area contributed by atoms with Gasteiger partial charge in [-0.05, 0) is 22.4 Å². The summed E-state index contributed by atoms with van der Waals surface area (Å²) in [6, 6.07) is 12.5. The molecule has 0 radical (unpaired) electrons. The Morgan fingerprint density at radius 2 is 1.65 bits per heavy atom. The second-order valence-electron chi connectivity index (χ2n) is 4.16. The average Bonchev–Trinajstić information content (AvgIpc) is 2.41. The van der Waals surface area contributed by atoms with Crippen LogP contribution >= 0.6 is 0 Å². The zero-order valence-corrected chi connectivity index (χ0v) is 9.94. The van der Waals surface area contributed by atoms with Crippen LogP contribution in [0.25, 0.3) is 16.8 Å². The summed E-state index contributed by atoms with van der Waals surface area (Å²) >= 11 is 0. The zero-order valence-electron chi connectivity index (χ0n) is 9.94. The number of hydrogen-bond acceptors (Lipinski definition) is 2. The molecule has 3 rings (SSSR count). The van der Waals surface area contributed by atoms with E-state index in [-0.39, 0.29) is 0 Å². The Hall–Kier alpha value is -1.64. The summed E-state index contributed by atoms with van der Waals surface area (Å²) < 4.78 is 11.1. The fourth-order valence-electron chi connectivity index (χ4n) is 2.53. The predicted molar refractivity (Wildman–Crippen MR) is 68.7 cm³/mol. The standard InChI is InChI=1S/C15H14O2/c1-16-15(17-2)10-9-12-6-3-5-11-7-4-8-13(15)14(11)12/h3-10H,1-2H3. The van der Waals surface area contributed by atoms with Crippen LogP contribution < -0.4 is 0 Å². The summed E-state index contributed by atoms with van der Waals surface area (Å²) in [6.45, 7) is 0. The number of methoxy groups -OCH3 is 2. The summed E-state index contributed by atoms with van der Waals surface area (Å²) in [5, 5.41) is 2.42. The molecule has 0 fully saturated rings. The van der Waals surface area contributed by atoms with Gasteiger partial charge in [-0.3, -0.25) is 0 Å². The van der Waals surface area contributed by atoms with Crippen LogP contribution in [0.15, 0.2) is 42.5 Å². The third-order valence-electron chi connectivity index (χ3n) is 3.40. The maximum absolute atomic E-state index is 5.57. The molecule has 0 saturated heterocycles. The van der Waals surface area contributed by atoms with Gasteiger partial charge >= 0.3 is 0 Å². The van der Waals surface area contributed by atoms with E-state index in [1.165, 1.54) is 16.3 Å². The van der Waals surface area contributed by atoms with E-state index in [2.05, 4.69) is 36.4 Å². The highest BCUT2D eigenvalue weighted by Crippen LogP contribution is 2.39. The van der Waals surface area contributed by atoms with Crippen LogP contribution in [-0.2, 0) is 15.3 Å². The molecule has 0 atom stereocenters. The van der Waals surface area contributed by atoms with Gasteiger partial charge in [0, 0.05) is 19.8 Å². The summed E-state index contributed by atoms with van der Waals surface area (Å²) in [5.41, 5.74) is 2.28. The Morgan fingerprint density at radius 1 is 0.941 bits per heavy atom. The molecule has 1 aliphatic carbocycles. The maximum Gasteiger partial charge on any atom is 0.215 e. The Bertz CT molecular complexity index is 590. The van der Waals surface area contributed by atoms with Gasteiger partial charge in [0.25, 0.3) is 0 Å². The van der Waals surface area contributed by atoms with Crippen molar-refractivity contribution < 1.29 is 9.47 Å². The van der Waals surface area contributed by atoms with E-state index in [0.717, 1.165) is 5.56 Å². The van der Waals surface area contributed by atoms with Crippen molar-refractivity contribution in [3.63, 3.8) is 0 Å². The lowest BCUT2D eigenvalue weighted by atomic mass is 9.89. The van der Waals surface area contributed by atoms with Crippen molar-refractivity contribution in [2.24, 2.45) is 0 Å². The minimum absolute atomic E-state index is 0.756. The van der Waals surface area contributed by atoms with Gasteiger partial charge in [-0.15, -0.1) is 0 Å². The lowest BCUT2D eigenvalue weighted by Gasteiger charge is -2.32. The highest BCUT2D eigenvalue weighted by molar-refractivity contribution is 5.95. The molecule has 0 heterocycles. The number of rotatable bonds is 2. The lowest BCUT2D eigenvalue weighted by Crippen LogP contribution is -2.30. The summed E-state index contributed by atoms with van der Waals surface area (Å²) in [6.07, 6.45) is 4.02. The van der Waals surface area contributed by atoms with Crippen molar-refractivity contribution in [2.45, 2.75) is 5.79 Å². The highest BCUT2D eigenvalue weighted by atomic mass is 16.7. The fraction of sp³-hybridized carbons (Fsp3) is 0.200. The van der Waals surface area contributed by atoms with Crippen LogP contribution in [0.4, 0.5) is 0 Å². The van der Waals surface area contributed by atoms with Crippen molar-refractivity contribution in [2.75, 3.05) is 14.2 Å². The lowest BCUT2D eigenvalue weighted by molar-refractivity contribution is -0.176. The van der Waals surface area contributed by atoms with Crippen molar-refractivity contribution in [1.29, 1.82) is 0 Å². The van der Waals surface area contributed by atoms with E-state index in [9.17, 15) is 0 Å². The molecule has 17 heavy (non-hydrogen) atoms. The molecule has 86 valence electrons. The third-order valence-corrected chi connectivity index (χ3v) is 3.40. The van der Waals surface area contributed by atoms with Crippen LogP contribution in [0.1, 0.15) is 11.1 Å². The monoisotopic (exact) mass is 226 g/mol. The first-order valence-electron chi connectivity index (χ1n) is 5.62. The molecule has 0 saturated carbocycles. The van der Waals surface area contributed by atoms with Crippen LogP contribution in [0.5, 0.6) is 0 Å². The summed E-state index contributed by atoms with van der Waals surface area (Å²) in [5.74, 6) is -0.756. The van der Waals surface area contributed by atoms with Gasteiger partial charge in [-0.1, -0.05) is 42.5 Å². The van der Waals surface area contributed by atoms with Crippen LogP contribution in [0.2, 0.25) is 0 Å². The quantitative estimate of drug-likeness (QED) is 0.731. The summed E-state index contributed by atoms with van der Waals surface area (Å²) in [7, 11) is 3.33. The molecule has 0 bridgehead atoms. The van der Waals surface area contributed by atoms with Crippen molar-refractivity contribution >= 4 is 16.8 Å². The van der Waals surface area contributed by atoms with Gasteiger partial charge in [0.1, 0.15) is 0 Å². The normalized spacial score (nSPS) is 16.4. The Morgan fingerprint density at radius 3 is 2.35 bits per heavy atom. The van der Waals surface area contributed by atoms with Crippen molar-refractivity contribution in [3.8, 4) is 0 Å². The van der Waals surface area contributed by atoms with Gasteiger partial charge in [-0.2, -0.15) is 0 Å². The SMILES string of the molecule is COC1(OC)C=Cc2cccc3cccc1c23. The smallest absolute Gasteiger partial charge is 0.215 e. The van der Waals surface area contributed by atoms with E-state index in [1.807, 2.05) is 12.1 Å². The van der Waals surface area contributed by atoms with E-state index in [4.69, 9.17) is 9.47 Å². The summed E-state index contributed by atoms with van der Waals surface area (Å²) in [4.78, 5) is 0. The second kappa shape index (κ2) is 3.69. The molecule has 0 spiro atoms. The number of benzene rings is 2. The van der Waals surface area contributed by atoms with Gasteiger partial charge < -0.3 is 9.47 Å². The second-order valence-corrected chi connectivity index (χ2v) is 4.16. The molecular formula is C15H14O2. The minimum atomic E-state index is -0.756. The Kier molecular flexibility index (Phi) is 2.28. The first-order valence-corrected chi connectivity index (χ1v) is 5.62. The van der Waals surface area contributed by atoms with E-state index in [1.54, 1.807) is 14.2 Å². The molecule has 0 unspecified atom stereocenters. The molecule has 2 aromatic rings. The van der Waals surface area contributed by atoms with Gasteiger partial charge in [0.05, 0.1) is 0 Å². The molecule has 2 heteroatoms. The van der Waals surface area contributed by atoms with Crippen LogP contribution in [0, 0.1) is 0 Å². The molecular weight excluding hydrogens is 212 g/mol. The fourth-order valence-corrected chi connectivity index (χ4v) is 2.53. The molecule has 2 nitrogen and oxygen atoms in total. The predicted octanol–water partition coefficient (Wildman–Crippen LogP) is 3.31. The molecule has 0 aromatic heterocycles. The highest BCUT2D eigenvalue weighted by Gasteiger charge is 2.33. The first-order chi connectivity index (χ1) is 8.30. The Balaban J connectivity index is 2.41. The van der Waals surface area contributed by atoms with Gasteiger partial charge in [-0.25, -0.2) is 0 Å². The van der Waals surface area contributed by atoms with E-state index < -0.39 is 5.79 Å². The Labute approximate surface area is 100 Å². The molecule has 0 N–H and O–H groups in total. The van der Waals surface area contributed by atoms with E-state index in [0.29, 0.717) is 0 Å². The van der Waals surface area contributed by atoms with Crippen LogP contribution in [0.3, 0.4) is 0 Å². The van der Waals surface area contributed by atoms with Gasteiger partial charge in [0.15, 0.2) is 0 Å². The number of hydrogen-bond donors (Lipinski definition) is 0. The molecule has 0 amide bonds. The molecule has 1 aliphatic rings. The van der Waals surface area contributed by atoms with Crippen molar-refractivity contribution in [1.82, 2.24) is 0 Å². The molecule has 0 aliphatic heterocycles. The maximum atomic E-state index is 5.57. The third kappa shape index (κ3) is 1.35. The van der Waals surface area contributed by atoms with E-state index >= 15 is 0 Å². The van der Waals surface area contributed by atoms with Crippen LogP contribution in [-0.4, -0.2) is 14.2 Å².